The van der Waals surface area contributed by atoms with Gasteiger partial charge in [-0.25, -0.2) is 0 Å². The van der Waals surface area contributed by atoms with E-state index in [0.29, 0.717) is 6.54 Å². The highest BCUT2D eigenvalue weighted by Crippen LogP contribution is 2.32. The van der Waals surface area contributed by atoms with Gasteiger partial charge in [-0.05, 0) is 40.7 Å². The molecule has 0 spiro atoms. The number of nitrogens with zero attached hydrogens (tertiary/aromatic N) is 1. The lowest BCUT2D eigenvalue weighted by Crippen LogP contribution is -2.46. The van der Waals surface area contributed by atoms with E-state index in [-0.39, 0.29) is 12.1 Å². The van der Waals surface area contributed by atoms with E-state index in [1.165, 1.54) is 0 Å². The molecule has 1 aliphatic rings. The van der Waals surface area contributed by atoms with Gasteiger partial charge >= 0.3 is 0 Å². The summed E-state index contributed by atoms with van der Waals surface area (Å²) in [6.07, 6.45) is 0.0333. The average molecular weight is 320 g/mol. The van der Waals surface area contributed by atoms with Gasteiger partial charge in [-0.1, -0.05) is 17.7 Å². The molecule has 2 rings (SSSR count). The third-order valence-corrected chi connectivity index (χ3v) is 4.35. The molecule has 2 unspecified atom stereocenters. The average Bonchev–Trinajstić information content (AvgIpc) is 2.32. The van der Waals surface area contributed by atoms with E-state index in [4.69, 9.17) is 22.1 Å². The first-order chi connectivity index (χ1) is 8.13. The van der Waals surface area contributed by atoms with Gasteiger partial charge in [0, 0.05) is 17.6 Å². The van der Waals surface area contributed by atoms with E-state index in [9.17, 15) is 0 Å². The molecular formula is C12H16BrClN2O. The first-order valence-corrected chi connectivity index (χ1v) is 6.77. The molecule has 1 saturated heterocycles. The molecule has 0 bridgehead atoms. The van der Waals surface area contributed by atoms with Crippen LogP contribution in [0.4, 0.5) is 0 Å². The van der Waals surface area contributed by atoms with E-state index < -0.39 is 0 Å². The molecule has 3 nitrogen and oxygen atoms in total. The summed E-state index contributed by atoms with van der Waals surface area (Å²) in [7, 11) is 2.09. The number of hydrogen-bond acceptors (Lipinski definition) is 3. The topological polar surface area (TPSA) is 38.5 Å². The van der Waals surface area contributed by atoms with Crippen molar-refractivity contribution in [2.24, 2.45) is 5.73 Å². The van der Waals surface area contributed by atoms with Gasteiger partial charge in [0.2, 0.25) is 0 Å². The highest BCUT2D eigenvalue weighted by Gasteiger charge is 2.30. The Morgan fingerprint density at radius 2 is 2.35 bits per heavy atom. The lowest BCUT2D eigenvalue weighted by atomic mass is 9.98. The fourth-order valence-corrected chi connectivity index (χ4v) is 2.66. The van der Waals surface area contributed by atoms with Crippen molar-refractivity contribution in [3.05, 3.63) is 33.3 Å². The van der Waals surface area contributed by atoms with E-state index in [2.05, 4.69) is 33.9 Å². The van der Waals surface area contributed by atoms with E-state index in [1.54, 1.807) is 0 Å². The molecule has 1 aromatic rings. The first kappa shape index (κ1) is 13.3. The van der Waals surface area contributed by atoms with Crippen LogP contribution in [0.5, 0.6) is 0 Å². The van der Waals surface area contributed by atoms with Gasteiger partial charge in [-0.15, -0.1) is 0 Å². The van der Waals surface area contributed by atoms with Crippen LogP contribution in [0, 0.1) is 0 Å². The smallest absolute Gasteiger partial charge is 0.0894 e. The van der Waals surface area contributed by atoms with Crippen LogP contribution < -0.4 is 5.73 Å². The lowest BCUT2D eigenvalue weighted by Gasteiger charge is -2.39. The van der Waals surface area contributed by atoms with Gasteiger partial charge in [0.1, 0.15) is 0 Å². The SMILES string of the molecule is CN1CCOC(CN)C1c1ccc(Br)c(Cl)c1. The van der Waals surface area contributed by atoms with Gasteiger partial charge in [-0.2, -0.15) is 0 Å². The number of halogens is 2. The molecule has 1 fully saturated rings. The second-order valence-electron chi connectivity index (χ2n) is 4.24. The summed E-state index contributed by atoms with van der Waals surface area (Å²) in [5, 5.41) is 0.720. The third kappa shape index (κ3) is 2.83. The van der Waals surface area contributed by atoms with Crippen LogP contribution >= 0.6 is 27.5 Å². The predicted molar refractivity (Wildman–Crippen MR) is 73.3 cm³/mol. The van der Waals surface area contributed by atoms with Crippen molar-refractivity contribution in [3.8, 4) is 0 Å². The van der Waals surface area contributed by atoms with Crippen molar-refractivity contribution in [1.82, 2.24) is 4.90 Å². The molecule has 94 valence electrons. The molecule has 0 amide bonds. The van der Waals surface area contributed by atoms with Gasteiger partial charge < -0.3 is 10.5 Å². The zero-order valence-corrected chi connectivity index (χ0v) is 12.0. The van der Waals surface area contributed by atoms with Gasteiger partial charge in [0.05, 0.1) is 23.8 Å². The number of likely N-dealkylation sites (N-methyl/N-ethyl adjacent to an activating group) is 1. The fourth-order valence-electron chi connectivity index (χ4n) is 2.22. The third-order valence-electron chi connectivity index (χ3n) is 3.12. The molecule has 1 aromatic carbocycles. The number of rotatable bonds is 2. The summed E-state index contributed by atoms with van der Waals surface area (Å²) in [5.41, 5.74) is 6.92. The summed E-state index contributed by atoms with van der Waals surface area (Å²) in [4.78, 5) is 2.26. The second-order valence-corrected chi connectivity index (χ2v) is 5.51. The monoisotopic (exact) mass is 318 g/mol. The number of benzene rings is 1. The quantitative estimate of drug-likeness (QED) is 0.910. The van der Waals surface area contributed by atoms with Crippen molar-refractivity contribution in [2.45, 2.75) is 12.1 Å². The van der Waals surface area contributed by atoms with Crippen molar-refractivity contribution in [3.63, 3.8) is 0 Å². The summed E-state index contributed by atoms with van der Waals surface area (Å²) in [6.45, 7) is 2.16. The van der Waals surface area contributed by atoms with E-state index >= 15 is 0 Å². The first-order valence-electron chi connectivity index (χ1n) is 5.60. The summed E-state index contributed by atoms with van der Waals surface area (Å²) >= 11 is 9.53. The Hall–Kier alpha value is -0.130. The molecule has 1 heterocycles. The Morgan fingerprint density at radius 1 is 1.59 bits per heavy atom. The minimum absolute atomic E-state index is 0.0333. The van der Waals surface area contributed by atoms with E-state index in [1.807, 2.05) is 12.1 Å². The number of nitrogens with two attached hydrogens (primary N) is 1. The number of hydrogen-bond donors (Lipinski definition) is 1. The van der Waals surface area contributed by atoms with Crippen molar-refractivity contribution in [1.29, 1.82) is 0 Å². The fraction of sp³-hybridized carbons (Fsp3) is 0.500. The van der Waals surface area contributed by atoms with Gasteiger partial charge in [-0.3, -0.25) is 4.90 Å². The summed E-state index contributed by atoms with van der Waals surface area (Å²) < 4.78 is 6.62. The molecule has 0 aliphatic carbocycles. The van der Waals surface area contributed by atoms with Crippen molar-refractivity contribution in [2.75, 3.05) is 26.7 Å². The minimum atomic E-state index is 0.0333. The molecular weight excluding hydrogens is 304 g/mol. The Bertz CT molecular complexity index is 402. The van der Waals surface area contributed by atoms with Crippen LogP contribution in [0.2, 0.25) is 5.02 Å². The predicted octanol–water partition coefficient (Wildman–Crippen LogP) is 2.43. The van der Waals surface area contributed by atoms with Crippen LogP contribution in [-0.4, -0.2) is 37.7 Å². The minimum Gasteiger partial charge on any atom is -0.374 e. The molecule has 0 saturated carbocycles. The molecule has 0 radical (unpaired) electrons. The molecule has 2 atom stereocenters. The van der Waals surface area contributed by atoms with Crippen LogP contribution in [0.25, 0.3) is 0 Å². The van der Waals surface area contributed by atoms with Crippen LogP contribution in [0.3, 0.4) is 0 Å². The molecule has 5 heteroatoms. The summed E-state index contributed by atoms with van der Waals surface area (Å²) in [5.74, 6) is 0. The maximum atomic E-state index is 6.13. The Kier molecular flexibility index (Phi) is 4.44. The maximum Gasteiger partial charge on any atom is 0.0894 e. The van der Waals surface area contributed by atoms with E-state index in [0.717, 1.165) is 28.2 Å². The largest absolute Gasteiger partial charge is 0.374 e. The molecule has 17 heavy (non-hydrogen) atoms. The van der Waals surface area contributed by atoms with Gasteiger partial charge in [0.25, 0.3) is 0 Å². The highest BCUT2D eigenvalue weighted by molar-refractivity contribution is 9.10. The van der Waals surface area contributed by atoms with Crippen LogP contribution in [-0.2, 0) is 4.74 Å². The molecule has 0 aromatic heterocycles. The molecule has 1 aliphatic heterocycles. The zero-order valence-electron chi connectivity index (χ0n) is 9.70. The number of morpholine rings is 1. The Balaban J connectivity index is 2.31. The summed E-state index contributed by atoms with van der Waals surface area (Å²) in [6, 6.07) is 6.19. The van der Waals surface area contributed by atoms with Crippen LogP contribution in [0.15, 0.2) is 22.7 Å². The van der Waals surface area contributed by atoms with Crippen molar-refractivity contribution < 1.29 is 4.74 Å². The van der Waals surface area contributed by atoms with Gasteiger partial charge in [0.15, 0.2) is 0 Å². The zero-order chi connectivity index (χ0) is 12.4. The van der Waals surface area contributed by atoms with Crippen LogP contribution in [0.1, 0.15) is 11.6 Å². The maximum absolute atomic E-state index is 6.13. The van der Waals surface area contributed by atoms with Crippen molar-refractivity contribution >= 4 is 27.5 Å². The molecule has 2 N–H and O–H groups in total. The normalized spacial score (nSPS) is 26.1. The lowest BCUT2D eigenvalue weighted by molar-refractivity contribution is -0.0576. The Labute approximate surface area is 115 Å². The Morgan fingerprint density at radius 3 is 3.00 bits per heavy atom. The second kappa shape index (κ2) is 5.67. The number of ether oxygens (including phenoxy) is 1. The standard InChI is InChI=1S/C12H16BrClN2O/c1-16-4-5-17-11(7-15)12(16)8-2-3-9(13)10(14)6-8/h2-3,6,11-12H,4-5,7,15H2,1H3. The highest BCUT2D eigenvalue weighted by atomic mass is 79.9.